The van der Waals surface area contributed by atoms with Crippen molar-refractivity contribution in [2.75, 3.05) is 13.2 Å². The van der Waals surface area contributed by atoms with Crippen molar-refractivity contribution in [3.8, 4) is 22.9 Å². The highest BCUT2D eigenvalue weighted by Crippen LogP contribution is 2.22. The lowest BCUT2D eigenvalue weighted by atomic mass is 10.1. The Labute approximate surface area is 126 Å². The number of benzene rings is 2. The van der Waals surface area contributed by atoms with E-state index in [1.807, 2.05) is 37.3 Å². The summed E-state index contributed by atoms with van der Waals surface area (Å²) in [4.78, 5) is 0. The molecule has 3 heteroatoms. The van der Waals surface area contributed by atoms with E-state index in [0.717, 1.165) is 12.3 Å². The van der Waals surface area contributed by atoms with Gasteiger partial charge in [-0.2, -0.15) is 5.26 Å². The second-order valence-corrected chi connectivity index (χ2v) is 4.77. The van der Waals surface area contributed by atoms with E-state index in [2.05, 4.69) is 35.7 Å². The zero-order valence-corrected chi connectivity index (χ0v) is 12.3. The third kappa shape index (κ3) is 4.62. The summed E-state index contributed by atoms with van der Waals surface area (Å²) in [5.74, 6) is 0.836. The van der Waals surface area contributed by atoms with Gasteiger partial charge in [-0.25, -0.2) is 0 Å². The minimum absolute atomic E-state index is 0.140. The molecule has 0 aliphatic carbocycles. The van der Waals surface area contributed by atoms with Crippen LogP contribution in [0.4, 0.5) is 0 Å². The van der Waals surface area contributed by atoms with Crippen molar-refractivity contribution < 1.29 is 4.74 Å². The molecule has 1 atom stereocenters. The van der Waals surface area contributed by atoms with Crippen molar-refractivity contribution in [3.63, 3.8) is 0 Å². The number of ether oxygens (including phenoxy) is 1. The zero-order chi connectivity index (χ0) is 14.9. The summed E-state index contributed by atoms with van der Waals surface area (Å²) in [6, 6.07) is 20.4. The molecule has 2 rings (SSSR count). The first-order valence-corrected chi connectivity index (χ1v) is 7.24. The first-order valence-electron chi connectivity index (χ1n) is 7.24. The molecule has 2 aromatic carbocycles. The van der Waals surface area contributed by atoms with E-state index < -0.39 is 0 Å². The molecule has 0 saturated heterocycles. The van der Waals surface area contributed by atoms with Crippen LogP contribution in [0.3, 0.4) is 0 Å². The molecule has 0 aliphatic heterocycles. The number of hydrogen-bond donors (Lipinski definition) is 1. The van der Waals surface area contributed by atoms with Crippen molar-refractivity contribution in [2.24, 2.45) is 0 Å². The van der Waals surface area contributed by atoms with Crippen molar-refractivity contribution in [1.29, 1.82) is 5.26 Å². The third-order valence-electron chi connectivity index (χ3n) is 3.24. The van der Waals surface area contributed by atoms with Crippen LogP contribution in [0.25, 0.3) is 11.1 Å². The van der Waals surface area contributed by atoms with Crippen LogP contribution in [0, 0.1) is 11.3 Å². The summed E-state index contributed by atoms with van der Waals surface area (Å²) in [6.07, 6.45) is 0.685. The predicted molar refractivity (Wildman–Crippen MR) is 85.1 cm³/mol. The Morgan fingerprint density at radius 3 is 2.33 bits per heavy atom. The summed E-state index contributed by atoms with van der Waals surface area (Å²) in [7, 11) is 0. The summed E-state index contributed by atoms with van der Waals surface area (Å²) in [6.45, 7) is 3.33. The highest BCUT2D eigenvalue weighted by Gasteiger charge is 2.05. The molecule has 0 amide bonds. The van der Waals surface area contributed by atoms with Gasteiger partial charge in [-0.05, 0) is 29.8 Å². The highest BCUT2D eigenvalue weighted by atomic mass is 16.5. The average Bonchev–Trinajstić information content (AvgIpc) is 2.55. The molecule has 0 fully saturated rings. The molecular weight excluding hydrogens is 260 g/mol. The van der Waals surface area contributed by atoms with Gasteiger partial charge in [-0.1, -0.05) is 49.4 Å². The minimum Gasteiger partial charge on any atom is -0.493 e. The first kappa shape index (κ1) is 15.1. The Kier molecular flexibility index (Phi) is 5.81. The number of nitrogens with zero attached hydrogens (tertiary/aromatic N) is 1. The molecule has 0 saturated carbocycles. The molecule has 21 heavy (non-hydrogen) atoms. The smallest absolute Gasteiger partial charge is 0.119 e. The summed E-state index contributed by atoms with van der Waals surface area (Å²) in [5.41, 5.74) is 2.37. The molecule has 0 bridgehead atoms. The number of nitrogens with one attached hydrogen (secondary N) is 1. The Hall–Kier alpha value is -2.31. The molecule has 0 spiro atoms. The van der Waals surface area contributed by atoms with E-state index in [-0.39, 0.29) is 6.04 Å². The Morgan fingerprint density at radius 1 is 1.05 bits per heavy atom. The molecule has 0 aliphatic rings. The molecule has 1 N–H and O–H groups in total. The molecule has 1 unspecified atom stereocenters. The second kappa shape index (κ2) is 8.08. The topological polar surface area (TPSA) is 45.0 Å². The number of nitriles is 1. The molecular formula is C18H20N2O. The maximum absolute atomic E-state index is 8.95. The van der Waals surface area contributed by atoms with Gasteiger partial charge in [0.15, 0.2) is 0 Å². The molecule has 0 heterocycles. The van der Waals surface area contributed by atoms with E-state index >= 15 is 0 Å². The van der Waals surface area contributed by atoms with Crippen molar-refractivity contribution >= 4 is 0 Å². The third-order valence-corrected chi connectivity index (χ3v) is 3.24. The van der Waals surface area contributed by atoms with Gasteiger partial charge < -0.3 is 10.1 Å². The van der Waals surface area contributed by atoms with Crippen LogP contribution >= 0.6 is 0 Å². The fraction of sp³-hybridized carbons (Fsp3) is 0.278. The van der Waals surface area contributed by atoms with Crippen LogP contribution in [-0.2, 0) is 0 Å². The van der Waals surface area contributed by atoms with Gasteiger partial charge in [0.05, 0.1) is 18.7 Å². The van der Waals surface area contributed by atoms with E-state index in [1.165, 1.54) is 11.1 Å². The summed E-state index contributed by atoms with van der Waals surface area (Å²) < 4.78 is 5.68. The molecule has 0 radical (unpaired) electrons. The lowest BCUT2D eigenvalue weighted by molar-refractivity contribution is 0.298. The normalized spacial score (nSPS) is 11.6. The van der Waals surface area contributed by atoms with Gasteiger partial charge in [0, 0.05) is 6.42 Å². The average molecular weight is 280 g/mol. The Morgan fingerprint density at radius 2 is 1.71 bits per heavy atom. The SMILES string of the molecule is CCNC(C#N)CCOc1ccc(-c2ccccc2)cc1. The second-order valence-electron chi connectivity index (χ2n) is 4.77. The van der Waals surface area contributed by atoms with Crippen LogP contribution in [0.2, 0.25) is 0 Å². The molecule has 3 nitrogen and oxygen atoms in total. The van der Waals surface area contributed by atoms with Gasteiger partial charge in [-0.3, -0.25) is 0 Å². The minimum atomic E-state index is -0.140. The quantitative estimate of drug-likeness (QED) is 0.842. The van der Waals surface area contributed by atoms with Gasteiger partial charge in [0.2, 0.25) is 0 Å². The number of hydrogen-bond acceptors (Lipinski definition) is 3. The van der Waals surface area contributed by atoms with Crippen LogP contribution in [0.5, 0.6) is 5.75 Å². The van der Waals surface area contributed by atoms with E-state index in [0.29, 0.717) is 13.0 Å². The van der Waals surface area contributed by atoms with Gasteiger partial charge in [0.25, 0.3) is 0 Å². The first-order chi connectivity index (χ1) is 10.3. The maximum atomic E-state index is 8.95. The Balaban J connectivity index is 1.87. The van der Waals surface area contributed by atoms with Crippen LogP contribution < -0.4 is 10.1 Å². The zero-order valence-electron chi connectivity index (χ0n) is 12.3. The van der Waals surface area contributed by atoms with Crippen LogP contribution in [0.1, 0.15) is 13.3 Å². The lowest BCUT2D eigenvalue weighted by Gasteiger charge is -2.11. The van der Waals surface area contributed by atoms with Crippen LogP contribution in [-0.4, -0.2) is 19.2 Å². The van der Waals surface area contributed by atoms with Gasteiger partial charge in [-0.15, -0.1) is 0 Å². The standard InChI is InChI=1S/C18H20N2O/c1-2-20-17(14-19)12-13-21-18-10-8-16(9-11-18)15-6-4-3-5-7-15/h3-11,17,20H,2,12-13H2,1H3. The highest BCUT2D eigenvalue weighted by molar-refractivity contribution is 5.63. The summed E-state index contributed by atoms with van der Waals surface area (Å²) >= 11 is 0. The van der Waals surface area contributed by atoms with Crippen molar-refractivity contribution in [1.82, 2.24) is 5.32 Å². The Bertz CT molecular complexity index is 572. The largest absolute Gasteiger partial charge is 0.493 e. The van der Waals surface area contributed by atoms with Gasteiger partial charge in [0.1, 0.15) is 5.75 Å². The van der Waals surface area contributed by atoms with E-state index in [1.54, 1.807) is 0 Å². The van der Waals surface area contributed by atoms with Crippen molar-refractivity contribution in [2.45, 2.75) is 19.4 Å². The molecule has 108 valence electrons. The summed E-state index contributed by atoms with van der Waals surface area (Å²) in [5, 5.41) is 12.1. The van der Waals surface area contributed by atoms with Gasteiger partial charge >= 0.3 is 0 Å². The lowest BCUT2D eigenvalue weighted by Crippen LogP contribution is -2.28. The number of rotatable bonds is 7. The molecule has 2 aromatic rings. The monoisotopic (exact) mass is 280 g/mol. The fourth-order valence-electron chi connectivity index (χ4n) is 2.13. The van der Waals surface area contributed by atoms with E-state index in [4.69, 9.17) is 10.00 Å². The van der Waals surface area contributed by atoms with E-state index in [9.17, 15) is 0 Å². The maximum Gasteiger partial charge on any atom is 0.119 e. The fourth-order valence-corrected chi connectivity index (χ4v) is 2.13. The molecule has 0 aromatic heterocycles. The van der Waals surface area contributed by atoms with Crippen LogP contribution in [0.15, 0.2) is 54.6 Å². The predicted octanol–water partition coefficient (Wildman–Crippen LogP) is 3.62. The van der Waals surface area contributed by atoms with Crippen molar-refractivity contribution in [3.05, 3.63) is 54.6 Å².